The highest BCUT2D eigenvalue weighted by Crippen LogP contribution is 2.18. The topological polar surface area (TPSA) is 46.6 Å². The Bertz CT molecular complexity index is 556. The Morgan fingerprint density at radius 2 is 1.80 bits per heavy atom. The van der Waals surface area contributed by atoms with Gasteiger partial charge in [0, 0.05) is 49.5 Å². The third-order valence-corrected chi connectivity index (χ3v) is 5.35. The lowest BCUT2D eigenvalue weighted by atomic mass is 9.99. The molecule has 0 spiro atoms. The molecule has 0 aliphatic carbocycles. The maximum absolute atomic E-state index is 12.6. The Kier molecular flexibility index (Phi) is 9.05. The van der Waals surface area contributed by atoms with E-state index in [0.717, 1.165) is 50.0 Å². The van der Waals surface area contributed by atoms with Crippen LogP contribution in [0.25, 0.3) is 0 Å². The molecule has 4 nitrogen and oxygen atoms in total. The van der Waals surface area contributed by atoms with Gasteiger partial charge in [-0.3, -0.25) is 14.5 Å². The van der Waals surface area contributed by atoms with E-state index in [1.807, 2.05) is 36.9 Å². The van der Waals surface area contributed by atoms with Crippen molar-refractivity contribution in [1.82, 2.24) is 4.90 Å². The van der Waals surface area contributed by atoms with Gasteiger partial charge in [0.2, 0.25) is 0 Å². The van der Waals surface area contributed by atoms with Crippen molar-refractivity contribution in [2.45, 2.75) is 45.6 Å². The molecule has 0 radical (unpaired) electrons. The Hall–Kier alpha value is -1.33. The van der Waals surface area contributed by atoms with Gasteiger partial charge in [0.25, 0.3) is 0 Å². The first-order valence-corrected chi connectivity index (χ1v) is 10.4. The van der Waals surface area contributed by atoms with Crippen molar-refractivity contribution in [2.24, 2.45) is 0 Å². The molecule has 138 valence electrons. The molecule has 0 N–H and O–H groups in total. The summed E-state index contributed by atoms with van der Waals surface area (Å²) in [6.07, 6.45) is 3.50. The van der Waals surface area contributed by atoms with Gasteiger partial charge in [-0.2, -0.15) is 11.8 Å². The van der Waals surface area contributed by atoms with Crippen molar-refractivity contribution < 1.29 is 14.3 Å². The van der Waals surface area contributed by atoms with Crippen LogP contribution in [-0.4, -0.2) is 47.9 Å². The molecule has 0 saturated carbocycles. The van der Waals surface area contributed by atoms with Crippen molar-refractivity contribution in [2.75, 3.05) is 31.2 Å². The van der Waals surface area contributed by atoms with Gasteiger partial charge in [0.1, 0.15) is 0 Å². The van der Waals surface area contributed by atoms with Crippen LogP contribution in [0.2, 0.25) is 0 Å². The van der Waals surface area contributed by atoms with E-state index in [4.69, 9.17) is 4.74 Å². The lowest BCUT2D eigenvalue weighted by Gasteiger charge is -2.26. The van der Waals surface area contributed by atoms with Crippen molar-refractivity contribution in [3.8, 4) is 0 Å². The third kappa shape index (κ3) is 7.20. The normalized spacial score (nSPS) is 15.1. The zero-order valence-corrected chi connectivity index (χ0v) is 16.0. The fourth-order valence-corrected chi connectivity index (χ4v) is 4.01. The molecule has 1 aliphatic heterocycles. The summed E-state index contributed by atoms with van der Waals surface area (Å²) < 4.78 is 4.91. The molecular formula is C20H29NO3S. The van der Waals surface area contributed by atoms with Crippen molar-refractivity contribution in [3.05, 3.63) is 35.4 Å². The van der Waals surface area contributed by atoms with Gasteiger partial charge in [0.05, 0.1) is 6.61 Å². The predicted molar refractivity (Wildman–Crippen MR) is 103 cm³/mol. The molecule has 1 aromatic carbocycles. The molecule has 1 fully saturated rings. The van der Waals surface area contributed by atoms with Crippen LogP contribution >= 0.6 is 11.8 Å². The van der Waals surface area contributed by atoms with Gasteiger partial charge >= 0.3 is 5.97 Å². The van der Waals surface area contributed by atoms with E-state index in [0.29, 0.717) is 19.4 Å². The molecule has 2 rings (SSSR count). The summed E-state index contributed by atoms with van der Waals surface area (Å²) in [5.74, 6) is 2.43. The maximum atomic E-state index is 12.6. The van der Waals surface area contributed by atoms with Crippen LogP contribution in [0.1, 0.15) is 54.9 Å². The fourth-order valence-electron chi connectivity index (χ4n) is 3.03. The number of Topliss-reactive ketones (excluding diaryl/α,β-unsaturated/α-hetero) is 1. The average Bonchev–Trinajstić information content (AvgIpc) is 2.63. The molecule has 0 amide bonds. The van der Waals surface area contributed by atoms with Crippen LogP contribution in [0.5, 0.6) is 0 Å². The number of ether oxygens (including phenoxy) is 1. The quantitative estimate of drug-likeness (QED) is 0.358. The summed E-state index contributed by atoms with van der Waals surface area (Å²) >= 11 is 2.00. The number of benzene rings is 1. The lowest BCUT2D eigenvalue weighted by molar-refractivity contribution is -0.143. The minimum absolute atomic E-state index is 0.140. The minimum atomic E-state index is -0.140. The maximum Gasteiger partial charge on any atom is 0.305 e. The van der Waals surface area contributed by atoms with Gasteiger partial charge in [-0.15, -0.1) is 0 Å². The number of esters is 1. The van der Waals surface area contributed by atoms with Gasteiger partial charge in [0.15, 0.2) is 5.78 Å². The molecule has 0 aromatic heterocycles. The molecule has 5 heteroatoms. The van der Waals surface area contributed by atoms with Crippen LogP contribution in [-0.2, 0) is 16.1 Å². The highest BCUT2D eigenvalue weighted by atomic mass is 32.2. The molecule has 1 aliphatic rings. The summed E-state index contributed by atoms with van der Waals surface area (Å²) in [5.41, 5.74) is 2.01. The third-order valence-electron chi connectivity index (χ3n) is 4.41. The molecule has 1 saturated heterocycles. The van der Waals surface area contributed by atoms with E-state index in [2.05, 4.69) is 11.0 Å². The van der Waals surface area contributed by atoms with Gasteiger partial charge in [-0.25, -0.2) is 0 Å². The van der Waals surface area contributed by atoms with Crippen molar-refractivity contribution in [3.63, 3.8) is 0 Å². The molecule has 0 bridgehead atoms. The van der Waals surface area contributed by atoms with Crippen LogP contribution in [0, 0.1) is 0 Å². The second-order valence-electron chi connectivity index (χ2n) is 6.33. The van der Waals surface area contributed by atoms with E-state index in [1.165, 1.54) is 11.5 Å². The number of carbonyl (C=O) groups is 2. The number of nitrogens with zero attached hydrogens (tertiary/aromatic N) is 1. The summed E-state index contributed by atoms with van der Waals surface area (Å²) in [6.45, 7) is 5.31. The Balaban J connectivity index is 1.78. The molecule has 1 aromatic rings. The van der Waals surface area contributed by atoms with E-state index in [9.17, 15) is 9.59 Å². The highest BCUT2D eigenvalue weighted by molar-refractivity contribution is 7.99. The first-order chi connectivity index (χ1) is 12.2. The molecule has 25 heavy (non-hydrogen) atoms. The van der Waals surface area contributed by atoms with Crippen LogP contribution in [0.15, 0.2) is 24.3 Å². The van der Waals surface area contributed by atoms with E-state index < -0.39 is 0 Å². The second-order valence-corrected chi connectivity index (χ2v) is 7.56. The first-order valence-electron chi connectivity index (χ1n) is 9.27. The van der Waals surface area contributed by atoms with Gasteiger partial charge < -0.3 is 4.74 Å². The van der Waals surface area contributed by atoms with Gasteiger partial charge in [-0.05, 0) is 25.3 Å². The van der Waals surface area contributed by atoms with Crippen molar-refractivity contribution >= 4 is 23.5 Å². The second kappa shape index (κ2) is 11.3. The SMILES string of the molecule is CCOC(=O)CCCCCC(=O)c1ccccc1CN1CCSCC1. The minimum Gasteiger partial charge on any atom is -0.466 e. The Labute approximate surface area is 155 Å². The standard InChI is InChI=1S/C20H29NO3S/c1-2-24-20(23)11-5-3-4-10-19(22)18-9-7-6-8-17(18)16-21-12-14-25-15-13-21/h6-9H,2-5,10-16H2,1H3. The van der Waals surface area contributed by atoms with Crippen LogP contribution in [0.3, 0.4) is 0 Å². The monoisotopic (exact) mass is 363 g/mol. The average molecular weight is 364 g/mol. The molecule has 0 unspecified atom stereocenters. The number of ketones is 1. The van der Waals surface area contributed by atoms with Gasteiger partial charge in [-0.1, -0.05) is 30.7 Å². The van der Waals surface area contributed by atoms with Crippen molar-refractivity contribution in [1.29, 1.82) is 0 Å². The zero-order chi connectivity index (χ0) is 17.9. The zero-order valence-electron chi connectivity index (χ0n) is 15.2. The molecule has 0 atom stereocenters. The highest BCUT2D eigenvalue weighted by Gasteiger charge is 2.15. The number of unbranched alkanes of at least 4 members (excludes halogenated alkanes) is 2. The largest absolute Gasteiger partial charge is 0.466 e. The van der Waals surface area contributed by atoms with Crippen LogP contribution < -0.4 is 0 Å². The number of hydrogen-bond acceptors (Lipinski definition) is 5. The van der Waals surface area contributed by atoms with E-state index in [1.54, 1.807) is 0 Å². The number of thioether (sulfide) groups is 1. The predicted octanol–water partition coefficient (Wildman–Crippen LogP) is 3.93. The fraction of sp³-hybridized carbons (Fsp3) is 0.600. The van der Waals surface area contributed by atoms with E-state index in [-0.39, 0.29) is 11.8 Å². The molecular weight excluding hydrogens is 334 g/mol. The lowest BCUT2D eigenvalue weighted by Crippen LogP contribution is -2.32. The van der Waals surface area contributed by atoms with E-state index >= 15 is 0 Å². The first kappa shape index (κ1) is 20.0. The Morgan fingerprint density at radius 3 is 2.56 bits per heavy atom. The Morgan fingerprint density at radius 1 is 1.08 bits per heavy atom. The summed E-state index contributed by atoms with van der Waals surface area (Å²) in [4.78, 5) is 26.3. The summed E-state index contributed by atoms with van der Waals surface area (Å²) in [7, 11) is 0. The smallest absolute Gasteiger partial charge is 0.305 e. The summed E-state index contributed by atoms with van der Waals surface area (Å²) in [6, 6.07) is 8.00. The summed E-state index contributed by atoms with van der Waals surface area (Å²) in [5, 5.41) is 0. The molecule has 1 heterocycles. The van der Waals surface area contributed by atoms with Crippen LogP contribution in [0.4, 0.5) is 0 Å². The number of hydrogen-bond donors (Lipinski definition) is 0. The number of carbonyl (C=O) groups excluding carboxylic acids is 2. The number of rotatable bonds is 10.